The standard InChI is InChI=1S/C6H12O/c1-5-3-4-7-6(5)2/h5-6H,3-4H2,1-2H3/t5?,6-/m1/s1. The van der Waals surface area contributed by atoms with E-state index in [0.29, 0.717) is 6.10 Å². The summed E-state index contributed by atoms with van der Waals surface area (Å²) < 4.78 is 5.27. The molecule has 0 aliphatic carbocycles. The summed E-state index contributed by atoms with van der Waals surface area (Å²) in [5, 5.41) is 0. The van der Waals surface area contributed by atoms with Crippen LogP contribution in [0, 0.1) is 5.92 Å². The van der Waals surface area contributed by atoms with Crippen molar-refractivity contribution >= 4 is 0 Å². The lowest BCUT2D eigenvalue weighted by molar-refractivity contribution is 0.109. The summed E-state index contributed by atoms with van der Waals surface area (Å²) >= 11 is 0. The lowest BCUT2D eigenvalue weighted by atomic mass is 10.1. The monoisotopic (exact) mass is 100 g/mol. The summed E-state index contributed by atoms with van der Waals surface area (Å²) in [4.78, 5) is 0. The molecule has 0 spiro atoms. The van der Waals surface area contributed by atoms with Crippen LogP contribution in [0.5, 0.6) is 0 Å². The van der Waals surface area contributed by atoms with Gasteiger partial charge in [-0.15, -0.1) is 0 Å². The van der Waals surface area contributed by atoms with Crippen LogP contribution < -0.4 is 0 Å². The van der Waals surface area contributed by atoms with Crippen LogP contribution >= 0.6 is 0 Å². The largest absolute Gasteiger partial charge is 0.378 e. The molecular formula is C6H12O. The molecule has 0 amide bonds. The van der Waals surface area contributed by atoms with Crippen molar-refractivity contribution in [3.63, 3.8) is 0 Å². The maximum atomic E-state index is 5.27. The molecule has 0 radical (unpaired) electrons. The Morgan fingerprint density at radius 2 is 2.14 bits per heavy atom. The van der Waals surface area contributed by atoms with E-state index < -0.39 is 0 Å². The number of hydrogen-bond acceptors (Lipinski definition) is 1. The molecule has 1 heteroatoms. The highest BCUT2D eigenvalue weighted by Crippen LogP contribution is 2.18. The second-order valence-electron chi connectivity index (χ2n) is 2.34. The molecule has 1 aliphatic rings. The SMILES string of the molecule is CC1CCO[C@@H]1C. The predicted octanol–water partition coefficient (Wildman–Crippen LogP) is 1.43. The van der Waals surface area contributed by atoms with E-state index in [1.807, 2.05) is 0 Å². The maximum Gasteiger partial charge on any atom is 0.0573 e. The highest BCUT2D eigenvalue weighted by Gasteiger charge is 2.18. The first-order chi connectivity index (χ1) is 3.30. The molecule has 1 fully saturated rings. The van der Waals surface area contributed by atoms with Gasteiger partial charge in [0.05, 0.1) is 6.10 Å². The lowest BCUT2D eigenvalue weighted by Gasteiger charge is -2.04. The molecule has 7 heavy (non-hydrogen) atoms. The van der Waals surface area contributed by atoms with Gasteiger partial charge < -0.3 is 4.74 Å². The van der Waals surface area contributed by atoms with Crippen molar-refractivity contribution in [1.29, 1.82) is 0 Å². The zero-order valence-electron chi connectivity index (χ0n) is 4.98. The molecule has 1 saturated heterocycles. The second-order valence-corrected chi connectivity index (χ2v) is 2.34. The topological polar surface area (TPSA) is 9.23 Å². The first-order valence-corrected chi connectivity index (χ1v) is 2.92. The van der Waals surface area contributed by atoms with Crippen molar-refractivity contribution in [3.05, 3.63) is 0 Å². The molecule has 0 saturated carbocycles. The average molecular weight is 100 g/mol. The van der Waals surface area contributed by atoms with E-state index in [4.69, 9.17) is 4.74 Å². The third kappa shape index (κ3) is 0.942. The minimum Gasteiger partial charge on any atom is -0.378 e. The van der Waals surface area contributed by atoms with Crippen LogP contribution in [-0.2, 0) is 4.74 Å². The van der Waals surface area contributed by atoms with Crippen LogP contribution in [0.25, 0.3) is 0 Å². The number of rotatable bonds is 0. The van der Waals surface area contributed by atoms with Crippen LogP contribution in [0.15, 0.2) is 0 Å². The van der Waals surface area contributed by atoms with E-state index in [1.54, 1.807) is 0 Å². The molecule has 2 atom stereocenters. The Morgan fingerprint density at radius 3 is 2.29 bits per heavy atom. The van der Waals surface area contributed by atoms with Crippen LogP contribution in [0.4, 0.5) is 0 Å². The van der Waals surface area contributed by atoms with Crippen LogP contribution in [0.2, 0.25) is 0 Å². The minimum atomic E-state index is 0.514. The summed E-state index contributed by atoms with van der Waals surface area (Å²) in [6, 6.07) is 0. The summed E-state index contributed by atoms with van der Waals surface area (Å²) in [7, 11) is 0. The van der Waals surface area contributed by atoms with E-state index in [-0.39, 0.29) is 0 Å². The van der Waals surface area contributed by atoms with E-state index in [9.17, 15) is 0 Å². The molecule has 42 valence electrons. The van der Waals surface area contributed by atoms with Gasteiger partial charge in [0.15, 0.2) is 0 Å². The van der Waals surface area contributed by atoms with Gasteiger partial charge in [0.2, 0.25) is 0 Å². The summed E-state index contributed by atoms with van der Waals surface area (Å²) in [5.41, 5.74) is 0. The van der Waals surface area contributed by atoms with Gasteiger partial charge in [0, 0.05) is 6.61 Å². The third-order valence-corrected chi connectivity index (χ3v) is 1.76. The smallest absolute Gasteiger partial charge is 0.0573 e. The molecule has 0 N–H and O–H groups in total. The summed E-state index contributed by atoms with van der Waals surface area (Å²) in [5.74, 6) is 0.792. The molecule has 1 heterocycles. The first-order valence-electron chi connectivity index (χ1n) is 2.92. The van der Waals surface area contributed by atoms with Gasteiger partial charge in [-0.25, -0.2) is 0 Å². The van der Waals surface area contributed by atoms with Gasteiger partial charge in [0.25, 0.3) is 0 Å². The highest BCUT2D eigenvalue weighted by atomic mass is 16.5. The Morgan fingerprint density at radius 1 is 1.43 bits per heavy atom. The Bertz CT molecular complexity index is 53.2. The van der Waals surface area contributed by atoms with Gasteiger partial charge in [-0.05, 0) is 19.3 Å². The van der Waals surface area contributed by atoms with E-state index in [0.717, 1.165) is 12.5 Å². The van der Waals surface area contributed by atoms with Crippen molar-refractivity contribution < 1.29 is 4.74 Å². The van der Waals surface area contributed by atoms with E-state index in [2.05, 4.69) is 13.8 Å². The van der Waals surface area contributed by atoms with Gasteiger partial charge in [-0.2, -0.15) is 0 Å². The molecule has 1 aliphatic heterocycles. The van der Waals surface area contributed by atoms with Gasteiger partial charge >= 0.3 is 0 Å². The fourth-order valence-corrected chi connectivity index (χ4v) is 0.839. The minimum absolute atomic E-state index is 0.514. The van der Waals surface area contributed by atoms with Gasteiger partial charge in [-0.1, -0.05) is 6.92 Å². The quantitative estimate of drug-likeness (QED) is 0.447. The van der Waals surface area contributed by atoms with E-state index in [1.165, 1.54) is 6.42 Å². The highest BCUT2D eigenvalue weighted by molar-refractivity contribution is 4.66. The predicted molar refractivity (Wildman–Crippen MR) is 29.2 cm³/mol. The van der Waals surface area contributed by atoms with Crippen molar-refractivity contribution in [3.8, 4) is 0 Å². The maximum absolute atomic E-state index is 5.27. The molecule has 0 aromatic heterocycles. The van der Waals surface area contributed by atoms with Crippen molar-refractivity contribution in [2.45, 2.75) is 26.4 Å². The molecular weight excluding hydrogens is 88.1 g/mol. The molecule has 0 aromatic rings. The zero-order chi connectivity index (χ0) is 5.28. The number of hydrogen-bond donors (Lipinski definition) is 0. The second kappa shape index (κ2) is 1.83. The molecule has 1 nitrogen and oxygen atoms in total. The van der Waals surface area contributed by atoms with Crippen LogP contribution in [0.3, 0.4) is 0 Å². The Labute approximate surface area is 44.7 Å². The fraction of sp³-hybridized carbons (Fsp3) is 1.00. The Kier molecular flexibility index (Phi) is 1.33. The van der Waals surface area contributed by atoms with Crippen LogP contribution in [-0.4, -0.2) is 12.7 Å². The Hall–Kier alpha value is -0.0400. The van der Waals surface area contributed by atoms with Crippen LogP contribution in [0.1, 0.15) is 20.3 Å². The number of ether oxygens (including phenoxy) is 1. The molecule has 0 aromatic carbocycles. The lowest BCUT2D eigenvalue weighted by Crippen LogP contribution is -2.05. The van der Waals surface area contributed by atoms with Gasteiger partial charge in [0.1, 0.15) is 0 Å². The van der Waals surface area contributed by atoms with Crippen molar-refractivity contribution in [1.82, 2.24) is 0 Å². The summed E-state index contributed by atoms with van der Waals surface area (Å²) in [6.07, 6.45) is 1.77. The van der Waals surface area contributed by atoms with Gasteiger partial charge in [-0.3, -0.25) is 0 Å². The Balaban J connectivity index is 2.33. The normalized spacial score (nSPS) is 42.0. The zero-order valence-corrected chi connectivity index (χ0v) is 4.98. The van der Waals surface area contributed by atoms with Crippen molar-refractivity contribution in [2.75, 3.05) is 6.61 Å². The first kappa shape index (κ1) is 5.10. The van der Waals surface area contributed by atoms with E-state index >= 15 is 0 Å². The molecule has 1 unspecified atom stereocenters. The summed E-state index contributed by atoms with van der Waals surface area (Å²) in [6.45, 7) is 5.34. The fourth-order valence-electron chi connectivity index (χ4n) is 0.839. The molecule has 0 bridgehead atoms. The van der Waals surface area contributed by atoms with Crippen molar-refractivity contribution in [2.24, 2.45) is 5.92 Å². The molecule has 1 rings (SSSR count). The average Bonchev–Trinajstić information content (AvgIpc) is 1.91. The third-order valence-electron chi connectivity index (χ3n) is 1.76.